The predicted molar refractivity (Wildman–Crippen MR) is 56.2 cm³/mol. The van der Waals surface area contributed by atoms with Crippen LogP contribution in [-0.4, -0.2) is 46.2 Å². The summed E-state index contributed by atoms with van der Waals surface area (Å²) in [7, 11) is -2.83. The fourth-order valence-electron chi connectivity index (χ4n) is 1.56. The maximum absolute atomic E-state index is 10.9. The first-order valence-corrected chi connectivity index (χ1v) is 7.13. The van der Waals surface area contributed by atoms with Gasteiger partial charge < -0.3 is 10.1 Å². The van der Waals surface area contributed by atoms with Gasteiger partial charge in [0.2, 0.25) is 0 Å². The largest absolute Gasteiger partial charge is 0.381 e. The van der Waals surface area contributed by atoms with Crippen molar-refractivity contribution in [3.8, 4) is 0 Å². The van der Waals surface area contributed by atoms with Crippen molar-refractivity contribution in [1.29, 1.82) is 0 Å². The molecule has 1 heterocycles. The van der Waals surface area contributed by atoms with Gasteiger partial charge in [0.15, 0.2) is 0 Å². The molecule has 0 spiro atoms. The molecule has 1 fully saturated rings. The molecular formula is C9H19NO3S. The van der Waals surface area contributed by atoms with Crippen LogP contribution in [0.4, 0.5) is 0 Å². The molecule has 5 heteroatoms. The van der Waals surface area contributed by atoms with Crippen LogP contribution in [0.15, 0.2) is 0 Å². The van der Waals surface area contributed by atoms with Crippen molar-refractivity contribution < 1.29 is 13.2 Å². The fourth-order valence-corrected chi connectivity index (χ4v) is 2.04. The Labute approximate surface area is 85.9 Å². The van der Waals surface area contributed by atoms with Crippen LogP contribution in [-0.2, 0) is 14.6 Å². The van der Waals surface area contributed by atoms with Crippen LogP contribution in [0.3, 0.4) is 0 Å². The molecule has 1 aliphatic heterocycles. The Morgan fingerprint density at radius 3 is 2.86 bits per heavy atom. The van der Waals surface area contributed by atoms with Gasteiger partial charge in [0.1, 0.15) is 9.84 Å². The maximum Gasteiger partial charge on any atom is 0.148 e. The van der Waals surface area contributed by atoms with E-state index < -0.39 is 9.84 Å². The lowest BCUT2D eigenvalue weighted by molar-refractivity contribution is 0.142. The van der Waals surface area contributed by atoms with Crippen molar-refractivity contribution in [2.45, 2.75) is 25.3 Å². The molecule has 0 radical (unpaired) electrons. The van der Waals surface area contributed by atoms with Gasteiger partial charge in [-0.3, -0.25) is 0 Å². The van der Waals surface area contributed by atoms with E-state index in [1.54, 1.807) is 0 Å². The second kappa shape index (κ2) is 5.68. The topological polar surface area (TPSA) is 55.4 Å². The molecule has 1 rings (SSSR count). The summed E-state index contributed by atoms with van der Waals surface area (Å²) in [6.07, 6.45) is 4.41. The van der Waals surface area contributed by atoms with Crippen LogP contribution in [0.2, 0.25) is 0 Å². The highest BCUT2D eigenvalue weighted by molar-refractivity contribution is 7.90. The molecule has 0 aromatic rings. The summed E-state index contributed by atoms with van der Waals surface area (Å²) in [5, 5.41) is 3.26. The summed E-state index contributed by atoms with van der Waals surface area (Å²) in [5.41, 5.74) is 0. The van der Waals surface area contributed by atoms with E-state index in [1.165, 1.54) is 6.26 Å². The van der Waals surface area contributed by atoms with Gasteiger partial charge in [-0.2, -0.15) is 0 Å². The Hall–Kier alpha value is -0.130. The molecule has 1 unspecified atom stereocenters. The van der Waals surface area contributed by atoms with Crippen molar-refractivity contribution in [3.63, 3.8) is 0 Å². The van der Waals surface area contributed by atoms with Gasteiger partial charge in [0.25, 0.3) is 0 Å². The van der Waals surface area contributed by atoms with Crippen molar-refractivity contribution >= 4 is 9.84 Å². The second-order valence-corrected chi connectivity index (χ2v) is 6.08. The molecule has 0 aliphatic carbocycles. The van der Waals surface area contributed by atoms with E-state index in [9.17, 15) is 8.42 Å². The van der Waals surface area contributed by atoms with Crippen molar-refractivity contribution in [1.82, 2.24) is 5.32 Å². The molecule has 1 N–H and O–H groups in total. The third kappa shape index (κ3) is 5.57. The highest BCUT2D eigenvalue weighted by Gasteiger charge is 2.12. The molecule has 0 saturated carbocycles. The summed E-state index contributed by atoms with van der Waals surface area (Å²) in [5.74, 6) is 0.227. The molecule has 14 heavy (non-hydrogen) atoms. The molecule has 4 nitrogen and oxygen atoms in total. The monoisotopic (exact) mass is 221 g/mol. The molecule has 84 valence electrons. The minimum atomic E-state index is -2.83. The Morgan fingerprint density at radius 2 is 2.14 bits per heavy atom. The molecule has 1 atom stereocenters. The van der Waals surface area contributed by atoms with E-state index in [-0.39, 0.29) is 5.75 Å². The van der Waals surface area contributed by atoms with Gasteiger partial charge in [0.05, 0.1) is 5.75 Å². The minimum Gasteiger partial charge on any atom is -0.381 e. The summed E-state index contributed by atoms with van der Waals surface area (Å²) in [6, 6.07) is 0.430. The first kappa shape index (κ1) is 11.9. The lowest BCUT2D eigenvalue weighted by Crippen LogP contribution is -2.33. The quantitative estimate of drug-likeness (QED) is 0.736. The number of ether oxygens (including phenoxy) is 1. The van der Waals surface area contributed by atoms with E-state index in [2.05, 4.69) is 5.32 Å². The zero-order valence-electron chi connectivity index (χ0n) is 8.66. The highest BCUT2D eigenvalue weighted by Crippen LogP contribution is 2.07. The van der Waals surface area contributed by atoms with Gasteiger partial charge >= 0.3 is 0 Å². The van der Waals surface area contributed by atoms with Gasteiger partial charge in [0, 0.05) is 32.1 Å². The average Bonchev–Trinajstić information content (AvgIpc) is 2.30. The van der Waals surface area contributed by atoms with E-state index >= 15 is 0 Å². The zero-order valence-corrected chi connectivity index (χ0v) is 9.48. The lowest BCUT2D eigenvalue weighted by Gasteiger charge is -2.14. The van der Waals surface area contributed by atoms with Gasteiger partial charge in [-0.25, -0.2) is 8.42 Å². The minimum absolute atomic E-state index is 0.227. The third-order valence-electron chi connectivity index (χ3n) is 2.36. The summed E-state index contributed by atoms with van der Waals surface area (Å²) in [6.45, 7) is 2.18. The SMILES string of the molecule is CS(=O)(=O)CCNC1CCCOCC1. The van der Waals surface area contributed by atoms with E-state index in [1.807, 2.05) is 0 Å². The first-order chi connectivity index (χ1) is 6.58. The molecule has 0 aromatic carbocycles. The van der Waals surface area contributed by atoms with Crippen molar-refractivity contribution in [3.05, 3.63) is 0 Å². The van der Waals surface area contributed by atoms with Crippen LogP contribution >= 0.6 is 0 Å². The molecule has 0 amide bonds. The zero-order chi connectivity index (χ0) is 10.4. The third-order valence-corrected chi connectivity index (χ3v) is 3.30. The Bertz CT molecular complexity index is 243. The van der Waals surface area contributed by atoms with Crippen LogP contribution in [0, 0.1) is 0 Å². The van der Waals surface area contributed by atoms with Gasteiger partial charge in [-0.1, -0.05) is 0 Å². The van der Waals surface area contributed by atoms with E-state index in [0.717, 1.165) is 32.5 Å². The first-order valence-electron chi connectivity index (χ1n) is 5.07. The number of rotatable bonds is 4. The summed E-state index contributed by atoms with van der Waals surface area (Å²) in [4.78, 5) is 0. The molecule has 1 aliphatic rings. The second-order valence-electron chi connectivity index (χ2n) is 3.82. The van der Waals surface area contributed by atoms with Crippen LogP contribution in [0.25, 0.3) is 0 Å². The van der Waals surface area contributed by atoms with Gasteiger partial charge in [-0.05, 0) is 19.3 Å². The molecule has 0 aromatic heterocycles. The standard InChI is InChI=1S/C9H19NO3S/c1-14(11,12)8-5-10-9-3-2-6-13-7-4-9/h9-10H,2-8H2,1H3. The van der Waals surface area contributed by atoms with Gasteiger partial charge in [-0.15, -0.1) is 0 Å². The highest BCUT2D eigenvalue weighted by atomic mass is 32.2. The molecular weight excluding hydrogens is 202 g/mol. The summed E-state index contributed by atoms with van der Waals surface area (Å²) < 4.78 is 27.1. The Balaban J connectivity index is 2.16. The Morgan fingerprint density at radius 1 is 1.36 bits per heavy atom. The maximum atomic E-state index is 10.9. The predicted octanol–water partition coefficient (Wildman–Crippen LogP) is 0.190. The Kier molecular flexibility index (Phi) is 4.84. The molecule has 0 bridgehead atoms. The van der Waals surface area contributed by atoms with E-state index in [0.29, 0.717) is 12.6 Å². The van der Waals surface area contributed by atoms with Crippen molar-refractivity contribution in [2.75, 3.05) is 31.8 Å². The van der Waals surface area contributed by atoms with Crippen LogP contribution in [0.1, 0.15) is 19.3 Å². The lowest BCUT2D eigenvalue weighted by atomic mass is 10.1. The number of nitrogens with one attached hydrogen (secondary N) is 1. The number of hydrogen-bond donors (Lipinski definition) is 1. The smallest absolute Gasteiger partial charge is 0.148 e. The average molecular weight is 221 g/mol. The number of sulfone groups is 1. The van der Waals surface area contributed by atoms with Crippen molar-refractivity contribution in [2.24, 2.45) is 0 Å². The molecule has 1 saturated heterocycles. The van der Waals surface area contributed by atoms with Crippen LogP contribution in [0.5, 0.6) is 0 Å². The fraction of sp³-hybridized carbons (Fsp3) is 1.00. The normalized spacial score (nSPS) is 24.5. The number of hydrogen-bond acceptors (Lipinski definition) is 4. The van der Waals surface area contributed by atoms with E-state index in [4.69, 9.17) is 4.74 Å². The van der Waals surface area contributed by atoms with Crippen LogP contribution < -0.4 is 5.32 Å². The summed E-state index contributed by atoms with van der Waals surface area (Å²) >= 11 is 0.